The molecule has 1 fully saturated rings. The lowest BCUT2D eigenvalue weighted by atomic mass is 9.99. The molecule has 268 valence electrons. The smallest absolute Gasteiger partial charge is 0.408 e. The van der Waals surface area contributed by atoms with E-state index in [1.54, 1.807) is 30.3 Å². The number of hydrogen-bond donors (Lipinski definition) is 7. The molecular formula is C32H41N3O14. The number of benzene rings is 2. The Bertz CT molecular complexity index is 1360. The summed E-state index contributed by atoms with van der Waals surface area (Å²) in [6.45, 7) is -2.77. The third-order valence-electron chi connectivity index (χ3n) is 7.21. The third kappa shape index (κ3) is 12.7. The Hall–Kier alpha value is -4.65. The predicted octanol–water partition coefficient (Wildman–Crippen LogP) is -1.95. The average molecular weight is 692 g/mol. The number of carbonyl (C=O) groups is 5. The van der Waals surface area contributed by atoms with Gasteiger partial charge in [-0.3, -0.25) is 14.4 Å². The Labute approximate surface area is 281 Å². The molecule has 3 amide bonds. The van der Waals surface area contributed by atoms with Crippen molar-refractivity contribution in [1.29, 1.82) is 0 Å². The Morgan fingerprint density at radius 2 is 1.47 bits per heavy atom. The molecule has 1 saturated heterocycles. The molecule has 0 spiro atoms. The monoisotopic (exact) mass is 691 g/mol. The zero-order valence-corrected chi connectivity index (χ0v) is 26.6. The first-order valence-corrected chi connectivity index (χ1v) is 15.3. The summed E-state index contributed by atoms with van der Waals surface area (Å²) in [4.78, 5) is 63.0. The molecule has 1 aliphatic rings. The molecule has 0 bridgehead atoms. The van der Waals surface area contributed by atoms with Crippen molar-refractivity contribution in [2.75, 3.05) is 33.5 Å². The number of aliphatic hydroxyl groups excluding tert-OH is 4. The van der Waals surface area contributed by atoms with Crippen LogP contribution in [0.1, 0.15) is 17.5 Å². The van der Waals surface area contributed by atoms with E-state index in [-0.39, 0.29) is 13.0 Å². The minimum Gasteiger partial charge on any atom is -0.467 e. The molecule has 0 radical (unpaired) electrons. The van der Waals surface area contributed by atoms with E-state index in [9.17, 15) is 44.4 Å². The average Bonchev–Trinajstić information content (AvgIpc) is 3.12. The van der Waals surface area contributed by atoms with Crippen LogP contribution in [0.4, 0.5) is 4.79 Å². The van der Waals surface area contributed by atoms with Gasteiger partial charge in [0.15, 0.2) is 12.3 Å². The molecular weight excluding hydrogens is 650 g/mol. The molecule has 2 aromatic carbocycles. The number of rotatable bonds is 17. The van der Waals surface area contributed by atoms with Crippen molar-refractivity contribution in [2.45, 2.75) is 62.2 Å². The van der Waals surface area contributed by atoms with Gasteiger partial charge in [0.2, 0.25) is 11.8 Å². The van der Waals surface area contributed by atoms with Crippen LogP contribution in [0.3, 0.4) is 0 Å². The molecule has 0 aromatic heterocycles. The lowest BCUT2D eigenvalue weighted by molar-refractivity contribution is -0.301. The van der Waals surface area contributed by atoms with E-state index in [0.29, 0.717) is 12.0 Å². The molecule has 0 unspecified atom stereocenters. The van der Waals surface area contributed by atoms with E-state index in [0.717, 1.165) is 12.7 Å². The summed E-state index contributed by atoms with van der Waals surface area (Å²) in [5, 5.41) is 46.2. The van der Waals surface area contributed by atoms with Gasteiger partial charge in [0.1, 0.15) is 43.7 Å². The molecule has 1 heterocycles. The molecule has 0 saturated carbocycles. The van der Waals surface area contributed by atoms with Crippen LogP contribution >= 0.6 is 0 Å². The van der Waals surface area contributed by atoms with Crippen LogP contribution in [-0.4, -0.2) is 127 Å². The molecule has 17 nitrogen and oxygen atoms in total. The lowest BCUT2D eigenvalue weighted by Crippen LogP contribution is -2.60. The van der Waals surface area contributed by atoms with Gasteiger partial charge in [-0.2, -0.15) is 0 Å². The number of alkyl carbamates (subject to hydrolysis) is 1. The second-order valence-electron chi connectivity index (χ2n) is 10.8. The first-order valence-electron chi connectivity index (χ1n) is 15.3. The molecule has 1 aliphatic heterocycles. The Balaban J connectivity index is 1.56. The van der Waals surface area contributed by atoms with Crippen LogP contribution < -0.4 is 16.0 Å². The standard InChI is InChI=1S/C32H41N3O14/c1-45-30(43)22(18-47-31-28(41)27(40)26(39)23(15-36)49-31)34-24(37)14-33-29(42)21(35-32(44)48-16-20-10-6-3-7-11-20)17-46-25(38)13-12-19-8-4-2-5-9-19/h2-11,21-23,26-28,31,36,39-41H,12-18H2,1H3,(H,33,42)(H,34,37)(H,35,44)/t21-,22-,23+,26+,27-,28+,31+/m0/s1. The highest BCUT2D eigenvalue weighted by atomic mass is 16.7. The normalized spacial score (nSPS) is 21.4. The maximum absolute atomic E-state index is 13.0. The van der Waals surface area contributed by atoms with Crippen LogP contribution in [0, 0.1) is 0 Å². The summed E-state index contributed by atoms with van der Waals surface area (Å²) in [7, 11) is 1.03. The van der Waals surface area contributed by atoms with Crippen molar-refractivity contribution in [3.05, 3.63) is 71.8 Å². The van der Waals surface area contributed by atoms with Crippen molar-refractivity contribution in [2.24, 2.45) is 0 Å². The third-order valence-corrected chi connectivity index (χ3v) is 7.21. The van der Waals surface area contributed by atoms with Crippen LogP contribution in [0.15, 0.2) is 60.7 Å². The van der Waals surface area contributed by atoms with Gasteiger partial charge in [-0.1, -0.05) is 60.7 Å². The summed E-state index contributed by atoms with van der Waals surface area (Å²) in [5.74, 6) is -3.45. The van der Waals surface area contributed by atoms with Crippen LogP contribution in [0.25, 0.3) is 0 Å². The van der Waals surface area contributed by atoms with Gasteiger partial charge in [-0.15, -0.1) is 0 Å². The van der Waals surface area contributed by atoms with Gasteiger partial charge in [0.05, 0.1) is 26.9 Å². The number of methoxy groups -OCH3 is 1. The highest BCUT2D eigenvalue weighted by Crippen LogP contribution is 2.22. The van der Waals surface area contributed by atoms with E-state index in [1.165, 1.54) is 0 Å². The second kappa shape index (κ2) is 20.0. The van der Waals surface area contributed by atoms with Crippen molar-refractivity contribution in [3.63, 3.8) is 0 Å². The minimum absolute atomic E-state index is 0.000672. The number of aliphatic hydroxyl groups is 4. The summed E-state index contributed by atoms with van der Waals surface area (Å²) in [5.41, 5.74) is 1.57. The first-order chi connectivity index (χ1) is 23.5. The quantitative estimate of drug-likeness (QED) is 0.0704. The minimum atomic E-state index is -1.76. The van der Waals surface area contributed by atoms with Crippen LogP contribution in [0.2, 0.25) is 0 Å². The number of esters is 2. The zero-order valence-electron chi connectivity index (χ0n) is 26.6. The Morgan fingerprint density at radius 1 is 0.816 bits per heavy atom. The molecule has 3 rings (SSSR count). The Kier molecular flexibility index (Phi) is 15.8. The zero-order chi connectivity index (χ0) is 35.8. The lowest BCUT2D eigenvalue weighted by Gasteiger charge is -2.39. The maximum atomic E-state index is 13.0. The number of amides is 3. The van der Waals surface area contributed by atoms with E-state index >= 15 is 0 Å². The summed E-state index contributed by atoms with van der Waals surface area (Å²) in [6.07, 6.45) is -8.62. The molecule has 7 atom stereocenters. The maximum Gasteiger partial charge on any atom is 0.408 e. The number of hydrogen-bond acceptors (Lipinski definition) is 14. The highest BCUT2D eigenvalue weighted by Gasteiger charge is 2.44. The van der Waals surface area contributed by atoms with Crippen molar-refractivity contribution < 1.29 is 68.1 Å². The van der Waals surface area contributed by atoms with Gasteiger partial charge in [-0.25, -0.2) is 9.59 Å². The van der Waals surface area contributed by atoms with Gasteiger partial charge in [0.25, 0.3) is 0 Å². The SMILES string of the molecule is COC(=O)[C@H](CO[C@@H]1O[C@H](CO)[C@@H](O)[C@H](O)[C@H]1O)NC(=O)CNC(=O)[C@H](COC(=O)CCc1ccccc1)NC(=O)OCc1ccccc1. The molecule has 7 N–H and O–H groups in total. The summed E-state index contributed by atoms with van der Waals surface area (Å²) in [6, 6.07) is 14.9. The van der Waals surface area contributed by atoms with Gasteiger partial charge >= 0.3 is 18.0 Å². The fraction of sp³-hybridized carbons (Fsp3) is 0.469. The molecule has 49 heavy (non-hydrogen) atoms. The topological polar surface area (TPSA) is 249 Å². The van der Waals surface area contributed by atoms with Crippen LogP contribution in [-0.2, 0) is 55.9 Å². The molecule has 0 aliphatic carbocycles. The second-order valence-corrected chi connectivity index (χ2v) is 10.8. The molecule has 2 aromatic rings. The van der Waals surface area contributed by atoms with E-state index in [2.05, 4.69) is 20.7 Å². The highest BCUT2D eigenvalue weighted by molar-refractivity contribution is 5.91. The van der Waals surface area contributed by atoms with Crippen LogP contribution in [0.5, 0.6) is 0 Å². The molecule has 17 heteroatoms. The fourth-order valence-corrected chi connectivity index (χ4v) is 4.47. The largest absolute Gasteiger partial charge is 0.467 e. The van der Waals surface area contributed by atoms with Gasteiger partial charge in [0, 0.05) is 6.42 Å². The number of carbonyl (C=O) groups excluding carboxylic acids is 5. The summed E-state index contributed by atoms with van der Waals surface area (Å²) >= 11 is 0. The van der Waals surface area contributed by atoms with E-state index < -0.39 is 99.0 Å². The predicted molar refractivity (Wildman–Crippen MR) is 166 cm³/mol. The van der Waals surface area contributed by atoms with Crippen molar-refractivity contribution in [1.82, 2.24) is 16.0 Å². The fourth-order valence-electron chi connectivity index (χ4n) is 4.47. The van der Waals surface area contributed by atoms with E-state index in [1.807, 2.05) is 30.3 Å². The first kappa shape index (κ1) is 38.8. The summed E-state index contributed by atoms with van der Waals surface area (Å²) < 4.78 is 25.6. The number of aryl methyl sites for hydroxylation is 1. The van der Waals surface area contributed by atoms with Gasteiger partial charge < -0.3 is 60.1 Å². The number of nitrogens with one attached hydrogen (secondary N) is 3. The number of ether oxygens (including phenoxy) is 5. The Morgan fingerprint density at radius 3 is 2.10 bits per heavy atom. The van der Waals surface area contributed by atoms with E-state index in [4.69, 9.17) is 18.9 Å². The van der Waals surface area contributed by atoms with Gasteiger partial charge in [-0.05, 0) is 17.5 Å². The van der Waals surface area contributed by atoms with Crippen molar-refractivity contribution >= 4 is 29.8 Å². The van der Waals surface area contributed by atoms with Crippen molar-refractivity contribution in [3.8, 4) is 0 Å².